The predicted octanol–water partition coefficient (Wildman–Crippen LogP) is 2.56. The Morgan fingerprint density at radius 1 is 1.24 bits per heavy atom. The molecule has 4 aromatic rings. The van der Waals surface area contributed by atoms with Gasteiger partial charge in [-0.2, -0.15) is 10.2 Å². The Labute approximate surface area is 170 Å². The summed E-state index contributed by atoms with van der Waals surface area (Å²) in [6, 6.07) is 12.5. The number of rotatable bonds is 4. The van der Waals surface area contributed by atoms with Gasteiger partial charge in [0.05, 0.1) is 29.8 Å². The van der Waals surface area contributed by atoms with E-state index in [1.54, 1.807) is 6.07 Å². The number of anilines is 2. The van der Waals surface area contributed by atoms with Gasteiger partial charge < -0.3 is 11.1 Å². The molecule has 1 aromatic carbocycles. The van der Waals surface area contributed by atoms with Crippen molar-refractivity contribution in [2.24, 2.45) is 0 Å². The summed E-state index contributed by atoms with van der Waals surface area (Å²) in [6.07, 6.45) is 2.77. The third-order valence-corrected chi connectivity index (χ3v) is 4.67. The van der Waals surface area contributed by atoms with Gasteiger partial charge in [0.15, 0.2) is 0 Å². The molecule has 0 aliphatic carbocycles. The molecule has 0 radical (unpaired) electrons. The highest BCUT2D eigenvalue weighted by Gasteiger charge is 2.19. The summed E-state index contributed by atoms with van der Waals surface area (Å²) in [5.41, 5.74) is 7.23. The molecule has 3 heterocycles. The second-order valence-corrected chi connectivity index (χ2v) is 6.65. The number of imidazole rings is 1. The maximum absolute atomic E-state index is 13.2. The van der Waals surface area contributed by atoms with E-state index in [-0.39, 0.29) is 28.2 Å². The Balaban J connectivity index is 1.90. The third-order valence-electron chi connectivity index (χ3n) is 4.40. The van der Waals surface area contributed by atoms with Gasteiger partial charge in [-0.25, -0.2) is 19.2 Å². The predicted molar refractivity (Wildman–Crippen MR) is 109 cm³/mol. The van der Waals surface area contributed by atoms with Crippen LogP contribution in [-0.4, -0.2) is 23.9 Å². The zero-order chi connectivity index (χ0) is 20.5. The maximum atomic E-state index is 13.2. The minimum Gasteiger partial charge on any atom is -0.368 e. The van der Waals surface area contributed by atoms with Gasteiger partial charge in [0.2, 0.25) is 5.95 Å². The summed E-state index contributed by atoms with van der Waals surface area (Å²) in [6.45, 7) is 1.84. The molecule has 0 bridgehead atoms. The summed E-state index contributed by atoms with van der Waals surface area (Å²) in [5.74, 6) is 0.315. The number of benzene rings is 1. The quantitative estimate of drug-likeness (QED) is 0.533. The van der Waals surface area contributed by atoms with Crippen LogP contribution in [0.15, 0.2) is 53.6 Å². The molecule has 1 atom stereocenters. The van der Waals surface area contributed by atoms with Crippen LogP contribution >= 0.6 is 11.6 Å². The van der Waals surface area contributed by atoms with Crippen LogP contribution in [0.4, 0.5) is 11.8 Å². The molecule has 9 nitrogen and oxygen atoms in total. The summed E-state index contributed by atoms with van der Waals surface area (Å²) < 4.78 is 2.86. The van der Waals surface area contributed by atoms with E-state index in [2.05, 4.69) is 20.3 Å². The van der Waals surface area contributed by atoms with E-state index >= 15 is 0 Å². The first-order valence-electron chi connectivity index (χ1n) is 8.63. The molecule has 0 saturated carbocycles. The van der Waals surface area contributed by atoms with Crippen molar-refractivity contribution in [3.63, 3.8) is 0 Å². The van der Waals surface area contributed by atoms with Crippen molar-refractivity contribution in [1.29, 1.82) is 5.26 Å². The summed E-state index contributed by atoms with van der Waals surface area (Å²) in [4.78, 5) is 25.4. The van der Waals surface area contributed by atoms with Gasteiger partial charge in [0, 0.05) is 6.07 Å². The highest BCUT2D eigenvalue weighted by Crippen LogP contribution is 2.24. The van der Waals surface area contributed by atoms with E-state index in [9.17, 15) is 10.1 Å². The van der Waals surface area contributed by atoms with Crippen molar-refractivity contribution in [1.82, 2.24) is 23.9 Å². The highest BCUT2D eigenvalue weighted by molar-refractivity contribution is 6.29. The fraction of sp³-hybridized carbons (Fsp3) is 0.105. The first-order valence-corrected chi connectivity index (χ1v) is 9.01. The average molecular weight is 407 g/mol. The number of fused-ring (bicyclic) bond motifs is 1. The molecule has 0 amide bonds. The van der Waals surface area contributed by atoms with Crippen molar-refractivity contribution >= 4 is 29.0 Å². The lowest BCUT2D eigenvalue weighted by Crippen LogP contribution is -2.30. The number of nitrogens with two attached hydrogens (primary N) is 1. The van der Waals surface area contributed by atoms with Crippen LogP contribution in [0.5, 0.6) is 0 Å². The molecule has 4 rings (SSSR count). The van der Waals surface area contributed by atoms with Crippen molar-refractivity contribution < 1.29 is 0 Å². The second-order valence-electron chi connectivity index (χ2n) is 6.27. The van der Waals surface area contributed by atoms with Gasteiger partial charge in [-0.3, -0.25) is 4.57 Å². The average Bonchev–Trinajstić information content (AvgIpc) is 3.09. The van der Waals surface area contributed by atoms with Crippen LogP contribution in [-0.2, 0) is 0 Å². The number of nitrogen functional groups attached to an aromatic ring is 1. The molecule has 0 aliphatic rings. The highest BCUT2D eigenvalue weighted by atomic mass is 35.5. The van der Waals surface area contributed by atoms with Crippen LogP contribution in [0.2, 0.25) is 5.15 Å². The Hall–Kier alpha value is -3.90. The van der Waals surface area contributed by atoms with Crippen LogP contribution < -0.4 is 16.7 Å². The number of aromatic nitrogens is 5. The number of nitrogens with one attached hydrogen (secondary N) is 1. The fourth-order valence-corrected chi connectivity index (χ4v) is 3.27. The largest absolute Gasteiger partial charge is 0.368 e. The van der Waals surface area contributed by atoms with Crippen molar-refractivity contribution in [2.45, 2.75) is 13.0 Å². The smallest absolute Gasteiger partial charge is 0.339 e. The Bertz CT molecular complexity index is 1310. The summed E-state index contributed by atoms with van der Waals surface area (Å²) in [5, 5.41) is 12.7. The standard InChI is InChI=1S/C19H15ClN8O/c1-11(25-17-12(8-21)9-24-18(22)26-17)14-7-16-23-10-15(20)28(16)19(29)27(14)13-5-3-2-4-6-13/h2-7,9-11H,1H3,(H3,22,24,25,26)/t11-/m0/s1. The lowest BCUT2D eigenvalue weighted by atomic mass is 10.2. The molecular formula is C19H15ClN8O. The number of hydrogen-bond acceptors (Lipinski definition) is 7. The molecule has 0 spiro atoms. The van der Waals surface area contributed by atoms with Gasteiger partial charge in [-0.15, -0.1) is 0 Å². The summed E-state index contributed by atoms with van der Waals surface area (Å²) >= 11 is 6.16. The maximum Gasteiger partial charge on any atom is 0.339 e. The molecule has 29 heavy (non-hydrogen) atoms. The number of hydrogen-bond donors (Lipinski definition) is 2. The van der Waals surface area contributed by atoms with Gasteiger partial charge in [-0.05, 0) is 19.1 Å². The lowest BCUT2D eigenvalue weighted by molar-refractivity contribution is 0.738. The van der Waals surface area contributed by atoms with E-state index in [4.69, 9.17) is 17.3 Å². The molecule has 3 aromatic heterocycles. The van der Waals surface area contributed by atoms with Gasteiger partial charge in [-0.1, -0.05) is 29.8 Å². The molecule has 3 N–H and O–H groups in total. The number of nitriles is 1. The molecule has 0 saturated heterocycles. The molecular weight excluding hydrogens is 392 g/mol. The number of para-hydroxylation sites is 1. The SMILES string of the molecule is C[C@H](Nc1nc(N)ncc1C#N)c1cc2ncc(Cl)n2c(=O)n1-c1ccccc1. The first kappa shape index (κ1) is 18.5. The van der Waals surface area contributed by atoms with Crippen molar-refractivity contribution in [3.05, 3.63) is 75.7 Å². The Kier molecular flexibility index (Phi) is 4.62. The Morgan fingerprint density at radius 2 is 2.00 bits per heavy atom. The minimum absolute atomic E-state index is 0.0367. The topological polar surface area (TPSA) is 127 Å². The molecule has 0 fully saturated rings. The van der Waals surface area contributed by atoms with E-state index in [0.29, 0.717) is 17.0 Å². The van der Waals surface area contributed by atoms with Gasteiger partial charge in [0.1, 0.15) is 28.3 Å². The van der Waals surface area contributed by atoms with Crippen LogP contribution in [0.3, 0.4) is 0 Å². The van der Waals surface area contributed by atoms with Crippen molar-refractivity contribution in [3.8, 4) is 11.8 Å². The summed E-state index contributed by atoms with van der Waals surface area (Å²) in [7, 11) is 0. The second kappa shape index (κ2) is 7.26. The van der Waals surface area contributed by atoms with E-state index in [1.165, 1.54) is 21.4 Å². The van der Waals surface area contributed by atoms with Crippen LogP contribution in [0.1, 0.15) is 24.2 Å². The van der Waals surface area contributed by atoms with Gasteiger partial charge in [0.25, 0.3) is 0 Å². The molecule has 10 heteroatoms. The van der Waals surface area contributed by atoms with Gasteiger partial charge >= 0.3 is 5.69 Å². The fourth-order valence-electron chi connectivity index (χ4n) is 3.06. The van der Waals surface area contributed by atoms with E-state index in [1.807, 2.05) is 43.3 Å². The van der Waals surface area contributed by atoms with Crippen LogP contribution in [0.25, 0.3) is 11.3 Å². The zero-order valence-corrected chi connectivity index (χ0v) is 16.0. The molecule has 144 valence electrons. The number of halogens is 1. The zero-order valence-electron chi connectivity index (χ0n) is 15.2. The monoisotopic (exact) mass is 406 g/mol. The van der Waals surface area contributed by atoms with E-state index < -0.39 is 6.04 Å². The molecule has 0 aliphatic heterocycles. The first-order chi connectivity index (χ1) is 14.0. The van der Waals surface area contributed by atoms with Crippen molar-refractivity contribution in [2.75, 3.05) is 11.1 Å². The van der Waals surface area contributed by atoms with Crippen LogP contribution in [0, 0.1) is 11.3 Å². The normalized spacial score (nSPS) is 11.9. The number of nitrogens with zero attached hydrogens (tertiary/aromatic N) is 6. The lowest BCUT2D eigenvalue weighted by Gasteiger charge is -2.21. The third kappa shape index (κ3) is 3.26. The minimum atomic E-state index is -0.426. The molecule has 0 unspecified atom stereocenters. The van der Waals surface area contributed by atoms with E-state index in [0.717, 1.165) is 0 Å². The Morgan fingerprint density at radius 3 is 2.72 bits per heavy atom.